The molecule has 0 fully saturated rings. The third-order valence-corrected chi connectivity index (χ3v) is 4.87. The van der Waals surface area contributed by atoms with Gasteiger partial charge < -0.3 is 0 Å². The van der Waals surface area contributed by atoms with Crippen molar-refractivity contribution in [1.82, 2.24) is 19.9 Å². The van der Waals surface area contributed by atoms with Crippen molar-refractivity contribution in [1.29, 1.82) is 0 Å². The lowest BCUT2D eigenvalue weighted by molar-refractivity contribution is 0.677. The average Bonchev–Trinajstić information content (AvgIpc) is 2.69. The molecule has 4 nitrogen and oxygen atoms in total. The highest BCUT2D eigenvalue weighted by Gasteiger charge is 2.13. The molecule has 140 valence electrons. The molecular formula is C23H28N4. The van der Waals surface area contributed by atoms with Gasteiger partial charge in [0.25, 0.3) is 0 Å². The summed E-state index contributed by atoms with van der Waals surface area (Å²) in [7, 11) is 0. The van der Waals surface area contributed by atoms with Crippen LogP contribution in [0, 0.1) is 0 Å². The van der Waals surface area contributed by atoms with E-state index in [9.17, 15) is 0 Å². The van der Waals surface area contributed by atoms with Gasteiger partial charge in [0, 0.05) is 47.5 Å². The van der Waals surface area contributed by atoms with Gasteiger partial charge in [-0.2, -0.15) is 0 Å². The van der Waals surface area contributed by atoms with E-state index >= 15 is 0 Å². The minimum Gasteiger partial charge on any atom is -0.264 e. The summed E-state index contributed by atoms with van der Waals surface area (Å²) in [5.41, 5.74) is 4.58. The molecule has 0 saturated carbocycles. The zero-order valence-corrected chi connectivity index (χ0v) is 16.6. The van der Waals surface area contributed by atoms with Crippen molar-refractivity contribution >= 4 is 0 Å². The van der Waals surface area contributed by atoms with E-state index in [0.29, 0.717) is 17.8 Å². The molecule has 0 aliphatic carbocycles. The molecule has 2 atom stereocenters. The van der Waals surface area contributed by atoms with Gasteiger partial charge in [0.05, 0.1) is 0 Å². The van der Waals surface area contributed by atoms with Crippen molar-refractivity contribution in [3.05, 3.63) is 83.5 Å². The Bertz CT molecular complexity index is 861. The largest absolute Gasteiger partial charge is 0.264 e. The van der Waals surface area contributed by atoms with E-state index in [1.54, 1.807) is 0 Å². The van der Waals surface area contributed by atoms with Crippen LogP contribution in [0.3, 0.4) is 0 Å². The van der Waals surface area contributed by atoms with Crippen LogP contribution < -0.4 is 0 Å². The van der Waals surface area contributed by atoms with Crippen molar-refractivity contribution in [2.24, 2.45) is 0 Å². The fourth-order valence-electron chi connectivity index (χ4n) is 3.21. The third-order valence-electron chi connectivity index (χ3n) is 4.87. The highest BCUT2D eigenvalue weighted by Crippen LogP contribution is 2.22. The van der Waals surface area contributed by atoms with Crippen LogP contribution in [0.2, 0.25) is 0 Å². The van der Waals surface area contributed by atoms with Gasteiger partial charge in [-0.1, -0.05) is 39.8 Å². The van der Waals surface area contributed by atoms with Gasteiger partial charge in [-0.05, 0) is 48.6 Å². The Hall–Kier alpha value is -2.62. The van der Waals surface area contributed by atoms with Crippen LogP contribution in [0.4, 0.5) is 0 Å². The first-order chi connectivity index (χ1) is 13.0. The van der Waals surface area contributed by atoms with Crippen LogP contribution in [0.5, 0.6) is 0 Å². The van der Waals surface area contributed by atoms with E-state index in [0.717, 1.165) is 35.7 Å². The molecule has 2 unspecified atom stereocenters. The van der Waals surface area contributed by atoms with Crippen molar-refractivity contribution in [3.63, 3.8) is 0 Å². The molecule has 3 rings (SSSR count). The summed E-state index contributed by atoms with van der Waals surface area (Å²) < 4.78 is 0. The summed E-state index contributed by atoms with van der Waals surface area (Å²) in [6, 6.07) is 12.5. The molecule has 3 aromatic heterocycles. The number of nitrogens with zero attached hydrogens (tertiary/aromatic N) is 4. The molecular weight excluding hydrogens is 332 g/mol. The van der Waals surface area contributed by atoms with Crippen molar-refractivity contribution in [2.45, 2.75) is 58.3 Å². The number of rotatable bonds is 7. The van der Waals surface area contributed by atoms with Crippen molar-refractivity contribution in [3.8, 4) is 0 Å². The number of hydrogen-bond acceptors (Lipinski definition) is 4. The normalized spacial score (nSPS) is 13.5. The molecule has 3 aromatic rings. The molecule has 0 N–H and O–H groups in total. The summed E-state index contributed by atoms with van der Waals surface area (Å²) in [5, 5.41) is 0. The Labute approximate surface area is 162 Å². The molecule has 0 saturated heterocycles. The molecule has 0 amide bonds. The first-order valence-corrected chi connectivity index (χ1v) is 9.70. The summed E-state index contributed by atoms with van der Waals surface area (Å²) in [5.74, 6) is 1.96. The second kappa shape index (κ2) is 8.85. The maximum absolute atomic E-state index is 4.93. The predicted molar refractivity (Wildman–Crippen MR) is 109 cm³/mol. The van der Waals surface area contributed by atoms with E-state index in [-0.39, 0.29) is 0 Å². The summed E-state index contributed by atoms with van der Waals surface area (Å²) in [6.07, 6.45) is 7.41. The lowest BCUT2D eigenvalue weighted by atomic mass is 9.96. The fourth-order valence-corrected chi connectivity index (χ4v) is 3.21. The van der Waals surface area contributed by atoms with E-state index in [4.69, 9.17) is 9.97 Å². The van der Waals surface area contributed by atoms with Crippen molar-refractivity contribution in [2.75, 3.05) is 0 Å². The fraction of sp³-hybridized carbons (Fsp3) is 0.391. The zero-order chi connectivity index (χ0) is 19.2. The Morgan fingerprint density at radius 2 is 1.56 bits per heavy atom. The van der Waals surface area contributed by atoms with Crippen LogP contribution in [0.1, 0.15) is 73.9 Å². The van der Waals surface area contributed by atoms with Crippen LogP contribution >= 0.6 is 0 Å². The molecule has 4 heteroatoms. The van der Waals surface area contributed by atoms with E-state index in [1.165, 1.54) is 5.56 Å². The average molecular weight is 361 g/mol. The third kappa shape index (κ3) is 5.19. The van der Waals surface area contributed by atoms with Gasteiger partial charge in [0.15, 0.2) is 0 Å². The maximum Gasteiger partial charge on any atom is 0.131 e. The highest BCUT2D eigenvalue weighted by molar-refractivity contribution is 5.21. The van der Waals surface area contributed by atoms with E-state index in [2.05, 4.69) is 61.9 Å². The SMILES string of the molecule is CC(C)c1nccc(CC(C)c2cccc(CC(C)c3cccnc3)n2)n1. The number of pyridine rings is 2. The van der Waals surface area contributed by atoms with Gasteiger partial charge in [-0.25, -0.2) is 9.97 Å². The summed E-state index contributed by atoms with van der Waals surface area (Å²) >= 11 is 0. The molecule has 0 bridgehead atoms. The molecule has 0 radical (unpaired) electrons. The summed E-state index contributed by atoms with van der Waals surface area (Å²) in [6.45, 7) is 8.69. The van der Waals surface area contributed by atoms with E-state index in [1.807, 2.05) is 30.7 Å². The lowest BCUT2D eigenvalue weighted by Crippen LogP contribution is -2.08. The first kappa shape index (κ1) is 19.2. The smallest absolute Gasteiger partial charge is 0.131 e. The zero-order valence-electron chi connectivity index (χ0n) is 16.6. The van der Waals surface area contributed by atoms with E-state index < -0.39 is 0 Å². The Morgan fingerprint density at radius 1 is 0.778 bits per heavy atom. The van der Waals surface area contributed by atoms with Gasteiger partial charge >= 0.3 is 0 Å². The molecule has 0 aliphatic heterocycles. The van der Waals surface area contributed by atoms with Crippen molar-refractivity contribution < 1.29 is 0 Å². The molecule has 0 aromatic carbocycles. The minimum absolute atomic E-state index is 0.313. The van der Waals surface area contributed by atoms with Gasteiger partial charge in [-0.3, -0.25) is 9.97 Å². The predicted octanol–water partition coefficient (Wildman–Crippen LogP) is 5.08. The molecule has 0 aliphatic rings. The molecule has 27 heavy (non-hydrogen) atoms. The van der Waals surface area contributed by atoms with Crippen LogP contribution in [-0.2, 0) is 12.8 Å². The Morgan fingerprint density at radius 3 is 2.30 bits per heavy atom. The first-order valence-electron chi connectivity index (χ1n) is 9.70. The lowest BCUT2D eigenvalue weighted by Gasteiger charge is -2.15. The second-order valence-electron chi connectivity index (χ2n) is 7.61. The van der Waals surface area contributed by atoms with Crippen LogP contribution in [0.25, 0.3) is 0 Å². The highest BCUT2D eigenvalue weighted by atomic mass is 14.9. The van der Waals surface area contributed by atoms with Gasteiger partial charge in [-0.15, -0.1) is 0 Å². The number of aromatic nitrogens is 4. The quantitative estimate of drug-likeness (QED) is 0.589. The van der Waals surface area contributed by atoms with Gasteiger partial charge in [0.2, 0.25) is 0 Å². The minimum atomic E-state index is 0.313. The summed E-state index contributed by atoms with van der Waals surface area (Å²) in [4.78, 5) is 18.2. The molecule has 3 heterocycles. The monoisotopic (exact) mass is 360 g/mol. The Balaban J connectivity index is 1.70. The standard InChI is InChI=1S/C23H28N4/c1-16(2)23-25-12-10-21(27-23)14-18(4)22-9-5-8-20(26-22)13-17(3)19-7-6-11-24-15-19/h5-12,15-18H,13-14H2,1-4H3. The van der Waals surface area contributed by atoms with Crippen LogP contribution in [0.15, 0.2) is 55.0 Å². The topological polar surface area (TPSA) is 51.6 Å². The van der Waals surface area contributed by atoms with Crippen LogP contribution in [-0.4, -0.2) is 19.9 Å². The number of hydrogen-bond donors (Lipinski definition) is 0. The Kier molecular flexibility index (Phi) is 6.28. The maximum atomic E-state index is 4.93. The molecule has 0 spiro atoms. The van der Waals surface area contributed by atoms with Gasteiger partial charge in [0.1, 0.15) is 5.82 Å². The second-order valence-corrected chi connectivity index (χ2v) is 7.61.